The first kappa shape index (κ1) is 24.7. The second-order valence-electron chi connectivity index (χ2n) is 8.87. The normalized spacial score (nSPS) is 14.1. The Labute approximate surface area is 206 Å². The number of benzene rings is 1. The number of aromatic nitrogens is 3. The molecule has 11 nitrogen and oxygen atoms in total. The van der Waals surface area contributed by atoms with E-state index in [4.69, 9.17) is 15.8 Å². The molecule has 1 unspecified atom stereocenters. The lowest BCUT2D eigenvalue weighted by atomic mass is 10.1. The van der Waals surface area contributed by atoms with E-state index in [1.165, 1.54) is 35.1 Å². The van der Waals surface area contributed by atoms with Crippen molar-refractivity contribution < 1.29 is 19.5 Å². The first-order chi connectivity index (χ1) is 17.3. The van der Waals surface area contributed by atoms with E-state index < -0.39 is 29.5 Å². The van der Waals surface area contributed by atoms with Crippen LogP contribution in [-0.4, -0.2) is 43.6 Å². The van der Waals surface area contributed by atoms with Gasteiger partial charge in [0, 0.05) is 6.20 Å². The summed E-state index contributed by atoms with van der Waals surface area (Å²) in [6, 6.07) is 7.97. The Kier molecular flexibility index (Phi) is 7.47. The lowest BCUT2D eigenvalue weighted by Crippen LogP contribution is -2.44. The molecule has 36 heavy (non-hydrogen) atoms. The summed E-state index contributed by atoms with van der Waals surface area (Å²) in [6.45, 7) is 0.175. The standard InChI is InChI=1S/C25H28N6O5/c26-20(32)9-2-1-6-18(29-25(35)36)23(33)28-19-8-4-12-31(24(19)34)14-21-27-17-7-3-5-16(22(17)30-21)13-15-10-11-15/h2-5,7-9,12,15,18,29H,1,6,10-11,13-14H2,(H2,26,32)(H,27,30)(H,28,33)(H,35,36). The third-order valence-corrected chi connectivity index (χ3v) is 5.97. The van der Waals surface area contributed by atoms with E-state index in [-0.39, 0.29) is 25.1 Å². The average Bonchev–Trinajstić information content (AvgIpc) is 3.54. The number of hydrogen-bond acceptors (Lipinski definition) is 5. The second-order valence-corrected chi connectivity index (χ2v) is 8.87. The van der Waals surface area contributed by atoms with E-state index >= 15 is 0 Å². The zero-order valence-corrected chi connectivity index (χ0v) is 19.6. The van der Waals surface area contributed by atoms with E-state index in [9.17, 15) is 19.2 Å². The lowest BCUT2D eigenvalue weighted by molar-refractivity contribution is -0.118. The van der Waals surface area contributed by atoms with Crippen LogP contribution in [0, 0.1) is 5.92 Å². The molecule has 1 atom stereocenters. The summed E-state index contributed by atoms with van der Waals surface area (Å²) < 4.78 is 1.42. The molecule has 0 aliphatic heterocycles. The van der Waals surface area contributed by atoms with Crippen molar-refractivity contribution in [1.29, 1.82) is 0 Å². The molecule has 3 amide bonds. The molecule has 0 saturated heterocycles. The van der Waals surface area contributed by atoms with Crippen LogP contribution in [0.1, 0.15) is 37.1 Å². The van der Waals surface area contributed by atoms with E-state index in [2.05, 4.69) is 21.7 Å². The number of imidazole rings is 1. The number of carboxylic acid groups (broad SMARTS) is 1. The van der Waals surface area contributed by atoms with E-state index in [1.807, 2.05) is 12.1 Å². The molecule has 2 aromatic heterocycles. The molecule has 188 valence electrons. The van der Waals surface area contributed by atoms with Gasteiger partial charge >= 0.3 is 6.09 Å². The molecule has 3 aromatic rings. The Morgan fingerprint density at radius 3 is 2.78 bits per heavy atom. The maximum absolute atomic E-state index is 13.0. The molecule has 0 spiro atoms. The third kappa shape index (κ3) is 6.38. The first-order valence-electron chi connectivity index (χ1n) is 11.7. The first-order valence-corrected chi connectivity index (χ1v) is 11.7. The summed E-state index contributed by atoms with van der Waals surface area (Å²) in [5.41, 5.74) is 7.60. The van der Waals surface area contributed by atoms with Gasteiger partial charge in [0.05, 0.1) is 17.6 Å². The number of hydrogen-bond donors (Lipinski definition) is 5. The monoisotopic (exact) mass is 492 g/mol. The number of carbonyl (C=O) groups excluding carboxylic acids is 2. The zero-order valence-electron chi connectivity index (χ0n) is 19.6. The van der Waals surface area contributed by atoms with Gasteiger partial charge in [-0.15, -0.1) is 0 Å². The number of para-hydroxylation sites is 1. The number of H-pyrrole nitrogens is 1. The number of pyridine rings is 1. The average molecular weight is 493 g/mol. The van der Waals surface area contributed by atoms with Crippen molar-refractivity contribution in [2.24, 2.45) is 11.7 Å². The molecule has 4 rings (SSSR count). The summed E-state index contributed by atoms with van der Waals surface area (Å²) in [5.74, 6) is 0.00608. The number of nitrogens with one attached hydrogen (secondary N) is 3. The Hall–Kier alpha value is -4.41. The number of allylic oxidation sites excluding steroid dienone is 1. The van der Waals surface area contributed by atoms with Crippen LogP contribution in [0.15, 0.2) is 53.5 Å². The number of fused-ring (bicyclic) bond motifs is 1. The molecule has 1 aliphatic carbocycles. The Bertz CT molecular complexity index is 1370. The molecule has 1 aromatic carbocycles. The van der Waals surface area contributed by atoms with Crippen molar-refractivity contribution in [3.05, 3.63) is 70.4 Å². The smallest absolute Gasteiger partial charge is 0.405 e. The van der Waals surface area contributed by atoms with Crippen molar-refractivity contribution in [2.75, 3.05) is 5.32 Å². The van der Waals surface area contributed by atoms with Gasteiger partial charge in [-0.1, -0.05) is 18.2 Å². The maximum Gasteiger partial charge on any atom is 0.405 e. The minimum absolute atomic E-state index is 0.0119. The quantitative estimate of drug-likeness (QED) is 0.256. The highest BCUT2D eigenvalue weighted by Gasteiger charge is 2.23. The number of carbonyl (C=O) groups is 3. The summed E-state index contributed by atoms with van der Waals surface area (Å²) in [5, 5.41) is 13.7. The van der Waals surface area contributed by atoms with Crippen LogP contribution in [0.5, 0.6) is 0 Å². The third-order valence-electron chi connectivity index (χ3n) is 5.97. The number of anilines is 1. The number of rotatable bonds is 11. The zero-order chi connectivity index (χ0) is 25.7. The fourth-order valence-electron chi connectivity index (χ4n) is 4.03. The molecular weight excluding hydrogens is 464 g/mol. The Balaban J connectivity index is 1.48. The SMILES string of the molecule is NC(=O)C=CCCC(NC(=O)O)C(=O)Nc1cccn(Cc2nc3c(CC4CC4)cccc3[nH]2)c1=O. The van der Waals surface area contributed by atoms with Gasteiger partial charge in [-0.25, -0.2) is 9.78 Å². The summed E-state index contributed by atoms with van der Waals surface area (Å²) in [6.07, 6.45) is 6.59. The van der Waals surface area contributed by atoms with Gasteiger partial charge in [-0.05, 0) is 67.9 Å². The van der Waals surface area contributed by atoms with Gasteiger partial charge in [0.15, 0.2) is 0 Å². The summed E-state index contributed by atoms with van der Waals surface area (Å²) >= 11 is 0. The number of aromatic amines is 1. The lowest BCUT2D eigenvalue weighted by Gasteiger charge is -2.16. The van der Waals surface area contributed by atoms with E-state index in [1.54, 1.807) is 12.3 Å². The maximum atomic E-state index is 13.0. The van der Waals surface area contributed by atoms with Crippen LogP contribution in [0.25, 0.3) is 11.0 Å². The van der Waals surface area contributed by atoms with Gasteiger partial charge in [0.2, 0.25) is 11.8 Å². The van der Waals surface area contributed by atoms with Crippen LogP contribution in [0.3, 0.4) is 0 Å². The Morgan fingerprint density at radius 1 is 1.25 bits per heavy atom. The largest absolute Gasteiger partial charge is 0.465 e. The molecule has 1 saturated carbocycles. The molecule has 1 fully saturated rings. The highest BCUT2D eigenvalue weighted by molar-refractivity contribution is 5.96. The number of primary amides is 1. The van der Waals surface area contributed by atoms with Crippen molar-refractivity contribution in [2.45, 2.75) is 44.7 Å². The van der Waals surface area contributed by atoms with E-state index in [0.717, 1.165) is 29.4 Å². The van der Waals surface area contributed by atoms with E-state index in [0.29, 0.717) is 5.82 Å². The van der Waals surface area contributed by atoms with Crippen LogP contribution in [0.2, 0.25) is 0 Å². The van der Waals surface area contributed by atoms with Crippen LogP contribution >= 0.6 is 0 Å². The fourth-order valence-corrected chi connectivity index (χ4v) is 4.03. The molecule has 0 bridgehead atoms. The summed E-state index contributed by atoms with van der Waals surface area (Å²) in [4.78, 5) is 55.7. The number of nitrogens with two attached hydrogens (primary N) is 1. The summed E-state index contributed by atoms with van der Waals surface area (Å²) in [7, 11) is 0. The van der Waals surface area contributed by atoms with Gasteiger partial charge < -0.3 is 31.0 Å². The van der Waals surface area contributed by atoms with Gasteiger partial charge in [-0.2, -0.15) is 0 Å². The molecule has 1 aliphatic rings. The second kappa shape index (κ2) is 10.9. The minimum atomic E-state index is -1.38. The number of nitrogens with zero attached hydrogens (tertiary/aromatic N) is 2. The predicted octanol–water partition coefficient (Wildman–Crippen LogP) is 2.12. The fraction of sp³-hybridized carbons (Fsp3) is 0.320. The highest BCUT2D eigenvalue weighted by Crippen LogP contribution is 2.34. The minimum Gasteiger partial charge on any atom is -0.465 e. The van der Waals surface area contributed by atoms with Crippen molar-refractivity contribution in [1.82, 2.24) is 19.9 Å². The van der Waals surface area contributed by atoms with Gasteiger partial charge in [-0.3, -0.25) is 14.4 Å². The molecular formula is C25H28N6O5. The molecule has 11 heteroatoms. The van der Waals surface area contributed by atoms with Crippen LogP contribution < -0.4 is 21.9 Å². The topological polar surface area (TPSA) is 172 Å². The number of amides is 3. The van der Waals surface area contributed by atoms with Crippen molar-refractivity contribution in [3.8, 4) is 0 Å². The predicted molar refractivity (Wildman–Crippen MR) is 133 cm³/mol. The van der Waals surface area contributed by atoms with Crippen LogP contribution in [-0.2, 0) is 22.6 Å². The molecule has 2 heterocycles. The van der Waals surface area contributed by atoms with Crippen molar-refractivity contribution >= 4 is 34.6 Å². The van der Waals surface area contributed by atoms with Crippen LogP contribution in [0.4, 0.5) is 10.5 Å². The molecule has 0 radical (unpaired) electrons. The molecule has 6 N–H and O–H groups in total. The highest BCUT2D eigenvalue weighted by atomic mass is 16.4. The van der Waals surface area contributed by atoms with Gasteiger partial charge in [0.1, 0.15) is 17.6 Å². The van der Waals surface area contributed by atoms with Gasteiger partial charge in [0.25, 0.3) is 5.56 Å². The van der Waals surface area contributed by atoms with Crippen molar-refractivity contribution in [3.63, 3.8) is 0 Å². The Morgan fingerprint density at radius 2 is 2.06 bits per heavy atom.